The second kappa shape index (κ2) is 7.20. The number of rotatable bonds is 4. The fraction of sp³-hybridized carbons (Fsp3) is 0.250. The van der Waals surface area contributed by atoms with Crippen LogP contribution in [0.3, 0.4) is 0 Å². The Morgan fingerprint density at radius 1 is 1.19 bits per heavy atom. The van der Waals surface area contributed by atoms with E-state index in [-0.39, 0.29) is 18.3 Å². The van der Waals surface area contributed by atoms with Gasteiger partial charge in [-0.05, 0) is 28.3 Å². The van der Waals surface area contributed by atoms with E-state index in [4.69, 9.17) is 0 Å². The van der Waals surface area contributed by atoms with Crippen molar-refractivity contribution in [2.45, 2.75) is 26.1 Å². The summed E-state index contributed by atoms with van der Waals surface area (Å²) < 4.78 is 0. The molecule has 0 saturated carbocycles. The number of hydrogen-bond acceptors (Lipinski definition) is 3. The molecule has 0 saturated heterocycles. The van der Waals surface area contributed by atoms with Crippen molar-refractivity contribution >= 4 is 18.3 Å². The van der Waals surface area contributed by atoms with E-state index in [1.54, 1.807) is 12.4 Å². The summed E-state index contributed by atoms with van der Waals surface area (Å²) in [4.78, 5) is 15.9. The Balaban J connectivity index is 0.00000161. The molecular formula is C16H18ClN3O. The lowest BCUT2D eigenvalue weighted by atomic mass is 10.1. The maximum absolute atomic E-state index is 11.9. The molecule has 1 aromatic heterocycles. The van der Waals surface area contributed by atoms with E-state index in [1.165, 1.54) is 11.1 Å². The highest BCUT2D eigenvalue weighted by Gasteiger charge is 2.10. The van der Waals surface area contributed by atoms with Crippen molar-refractivity contribution in [2.24, 2.45) is 0 Å². The van der Waals surface area contributed by atoms with E-state index in [0.717, 1.165) is 24.2 Å². The zero-order valence-corrected chi connectivity index (χ0v) is 12.5. The number of pyridine rings is 1. The minimum absolute atomic E-state index is 0. The average Bonchev–Trinajstić information content (AvgIpc) is 2.93. The lowest BCUT2D eigenvalue weighted by Crippen LogP contribution is -2.24. The van der Waals surface area contributed by atoms with Gasteiger partial charge in [0.15, 0.2) is 0 Å². The van der Waals surface area contributed by atoms with Crippen LogP contribution >= 0.6 is 12.4 Å². The highest BCUT2D eigenvalue weighted by atomic mass is 35.5. The van der Waals surface area contributed by atoms with Crippen molar-refractivity contribution in [2.75, 3.05) is 0 Å². The van der Waals surface area contributed by atoms with Crippen LogP contribution in [0.4, 0.5) is 0 Å². The summed E-state index contributed by atoms with van der Waals surface area (Å²) in [5.41, 5.74) is 4.77. The third-order valence-corrected chi connectivity index (χ3v) is 3.48. The summed E-state index contributed by atoms with van der Waals surface area (Å²) in [7, 11) is 0. The number of carbonyl (C=O) groups is 1. The van der Waals surface area contributed by atoms with E-state index in [1.807, 2.05) is 12.1 Å². The number of nitrogens with zero attached hydrogens (tertiary/aromatic N) is 1. The fourth-order valence-corrected chi connectivity index (χ4v) is 2.41. The van der Waals surface area contributed by atoms with Gasteiger partial charge in [-0.15, -0.1) is 12.4 Å². The zero-order valence-electron chi connectivity index (χ0n) is 11.6. The zero-order chi connectivity index (χ0) is 13.8. The van der Waals surface area contributed by atoms with Crippen molar-refractivity contribution in [3.8, 4) is 0 Å². The first-order valence-electron chi connectivity index (χ1n) is 6.78. The van der Waals surface area contributed by atoms with Gasteiger partial charge >= 0.3 is 0 Å². The molecule has 3 rings (SSSR count). The molecule has 110 valence electrons. The SMILES string of the molecule is Cl.O=C(Cc1cccnc1)NCc1ccc2c(c1)CNC2. The van der Waals surface area contributed by atoms with E-state index >= 15 is 0 Å². The van der Waals surface area contributed by atoms with E-state index in [9.17, 15) is 4.79 Å². The van der Waals surface area contributed by atoms with Crippen LogP contribution in [-0.2, 0) is 30.8 Å². The second-order valence-corrected chi connectivity index (χ2v) is 5.02. The normalized spacial score (nSPS) is 12.4. The molecule has 0 aliphatic carbocycles. The molecule has 0 spiro atoms. The monoisotopic (exact) mass is 303 g/mol. The molecular weight excluding hydrogens is 286 g/mol. The van der Waals surface area contributed by atoms with E-state index in [0.29, 0.717) is 13.0 Å². The Morgan fingerprint density at radius 2 is 2.05 bits per heavy atom. The quantitative estimate of drug-likeness (QED) is 0.908. The molecule has 0 unspecified atom stereocenters. The predicted molar refractivity (Wildman–Crippen MR) is 84.0 cm³/mol. The number of nitrogens with one attached hydrogen (secondary N) is 2. The maximum atomic E-state index is 11.9. The lowest BCUT2D eigenvalue weighted by molar-refractivity contribution is -0.120. The molecule has 2 heterocycles. The molecule has 0 bridgehead atoms. The smallest absolute Gasteiger partial charge is 0.224 e. The van der Waals surface area contributed by atoms with Crippen LogP contribution in [0, 0.1) is 0 Å². The topological polar surface area (TPSA) is 54.0 Å². The van der Waals surface area contributed by atoms with Gasteiger partial charge in [-0.25, -0.2) is 0 Å². The fourth-order valence-electron chi connectivity index (χ4n) is 2.41. The lowest BCUT2D eigenvalue weighted by Gasteiger charge is -2.07. The molecule has 0 atom stereocenters. The van der Waals surface area contributed by atoms with Crippen molar-refractivity contribution in [3.63, 3.8) is 0 Å². The van der Waals surface area contributed by atoms with Crippen molar-refractivity contribution in [1.82, 2.24) is 15.6 Å². The summed E-state index contributed by atoms with van der Waals surface area (Å²) in [6.07, 6.45) is 3.81. The van der Waals surface area contributed by atoms with Gasteiger partial charge in [-0.1, -0.05) is 24.3 Å². The molecule has 1 aliphatic rings. The van der Waals surface area contributed by atoms with Crippen molar-refractivity contribution in [3.05, 3.63) is 65.0 Å². The molecule has 21 heavy (non-hydrogen) atoms. The van der Waals surface area contributed by atoms with Gasteiger partial charge in [0.2, 0.25) is 5.91 Å². The molecule has 5 heteroatoms. The predicted octanol–water partition coefficient (Wildman–Crippen LogP) is 1.97. The van der Waals surface area contributed by atoms with Crippen molar-refractivity contribution in [1.29, 1.82) is 0 Å². The molecule has 1 aliphatic heterocycles. The average molecular weight is 304 g/mol. The van der Waals surface area contributed by atoms with Crippen LogP contribution in [0.2, 0.25) is 0 Å². The highest BCUT2D eigenvalue weighted by molar-refractivity contribution is 5.85. The summed E-state index contributed by atoms with van der Waals surface area (Å²) in [6.45, 7) is 2.45. The number of halogens is 1. The summed E-state index contributed by atoms with van der Waals surface area (Å²) in [5.74, 6) is 0.0247. The van der Waals surface area contributed by atoms with Gasteiger partial charge in [0.05, 0.1) is 6.42 Å². The number of benzene rings is 1. The molecule has 1 amide bonds. The highest BCUT2D eigenvalue weighted by Crippen LogP contribution is 2.16. The Hall–Kier alpha value is -1.91. The van der Waals surface area contributed by atoms with Gasteiger partial charge in [0.1, 0.15) is 0 Å². The van der Waals surface area contributed by atoms with Crippen LogP contribution in [-0.4, -0.2) is 10.9 Å². The Kier molecular flexibility index (Phi) is 5.31. The van der Waals surface area contributed by atoms with Gasteiger partial charge < -0.3 is 10.6 Å². The molecule has 4 nitrogen and oxygen atoms in total. The molecule has 0 fully saturated rings. The first-order valence-corrected chi connectivity index (χ1v) is 6.78. The molecule has 2 aromatic rings. The largest absolute Gasteiger partial charge is 0.352 e. The third kappa shape index (κ3) is 4.03. The summed E-state index contributed by atoms with van der Waals surface area (Å²) in [6, 6.07) is 10.1. The van der Waals surface area contributed by atoms with Crippen LogP contribution in [0.1, 0.15) is 22.3 Å². The van der Waals surface area contributed by atoms with Crippen molar-refractivity contribution < 1.29 is 4.79 Å². The van der Waals surface area contributed by atoms with Gasteiger partial charge in [0.25, 0.3) is 0 Å². The van der Waals surface area contributed by atoms with Gasteiger partial charge in [-0.2, -0.15) is 0 Å². The first kappa shape index (κ1) is 15.5. The molecule has 2 N–H and O–H groups in total. The minimum atomic E-state index is 0. The number of hydrogen-bond donors (Lipinski definition) is 2. The van der Waals surface area contributed by atoms with Gasteiger partial charge in [-0.3, -0.25) is 9.78 Å². The maximum Gasteiger partial charge on any atom is 0.224 e. The number of aromatic nitrogens is 1. The van der Waals surface area contributed by atoms with Crippen LogP contribution in [0.25, 0.3) is 0 Å². The van der Waals surface area contributed by atoms with E-state index < -0.39 is 0 Å². The Morgan fingerprint density at radius 3 is 2.86 bits per heavy atom. The van der Waals surface area contributed by atoms with Crippen LogP contribution in [0.15, 0.2) is 42.7 Å². The Labute approximate surface area is 130 Å². The van der Waals surface area contributed by atoms with Crippen LogP contribution < -0.4 is 10.6 Å². The molecule has 1 aromatic carbocycles. The van der Waals surface area contributed by atoms with Gasteiger partial charge in [0, 0.05) is 32.0 Å². The molecule has 0 radical (unpaired) electrons. The number of fused-ring (bicyclic) bond motifs is 1. The summed E-state index contributed by atoms with van der Waals surface area (Å²) >= 11 is 0. The Bertz CT molecular complexity index is 616. The third-order valence-electron chi connectivity index (χ3n) is 3.48. The van der Waals surface area contributed by atoms with E-state index in [2.05, 4.69) is 33.8 Å². The summed E-state index contributed by atoms with van der Waals surface area (Å²) in [5, 5.41) is 6.27. The minimum Gasteiger partial charge on any atom is -0.352 e. The van der Waals surface area contributed by atoms with Crippen LogP contribution in [0.5, 0.6) is 0 Å². The standard InChI is InChI=1S/C16H17N3O.ClH/c20-16(7-12-2-1-5-17-8-12)19-9-13-3-4-14-10-18-11-15(14)6-13;/h1-6,8,18H,7,9-11H2,(H,19,20);1H. The number of carbonyl (C=O) groups excluding carboxylic acids is 1. The second-order valence-electron chi connectivity index (χ2n) is 5.02. The first-order chi connectivity index (χ1) is 9.81. The number of amides is 1.